The Hall–Kier alpha value is -2.18. The summed E-state index contributed by atoms with van der Waals surface area (Å²) in [6.45, 7) is 8.33. The van der Waals surface area contributed by atoms with Gasteiger partial charge in [-0.15, -0.1) is 10.2 Å². The predicted octanol–water partition coefficient (Wildman–Crippen LogP) is 2.24. The molecule has 3 heterocycles. The summed E-state index contributed by atoms with van der Waals surface area (Å²) in [6.07, 6.45) is 5.03. The van der Waals surface area contributed by atoms with E-state index in [-0.39, 0.29) is 11.8 Å². The lowest BCUT2D eigenvalue weighted by Gasteiger charge is -2.32. The number of amides is 1. The molecule has 1 atom stereocenters. The minimum atomic E-state index is 0.197. The van der Waals surface area contributed by atoms with Gasteiger partial charge in [-0.05, 0) is 40.0 Å². The van der Waals surface area contributed by atoms with Crippen LogP contribution in [0.2, 0.25) is 0 Å². The van der Waals surface area contributed by atoms with Crippen molar-refractivity contribution in [3.63, 3.8) is 0 Å². The summed E-state index contributed by atoms with van der Waals surface area (Å²) in [6, 6.07) is 0. The van der Waals surface area contributed by atoms with Gasteiger partial charge in [-0.1, -0.05) is 5.16 Å². The second-order valence-corrected chi connectivity index (χ2v) is 6.46. The second-order valence-electron chi connectivity index (χ2n) is 6.46. The molecule has 24 heavy (non-hydrogen) atoms. The smallest absolute Gasteiger partial charge is 0.222 e. The Morgan fingerprint density at radius 3 is 2.96 bits per heavy atom. The SMILES string of the molecule is CCn1cnnc1[C@H]1CCCN(C(=O)CCc2c(C)noc2C)C1. The number of rotatable bonds is 5. The topological polar surface area (TPSA) is 77.1 Å². The van der Waals surface area contributed by atoms with Crippen LogP contribution in [0.5, 0.6) is 0 Å². The van der Waals surface area contributed by atoms with Gasteiger partial charge >= 0.3 is 0 Å². The van der Waals surface area contributed by atoms with Gasteiger partial charge in [-0.25, -0.2) is 0 Å². The first-order valence-corrected chi connectivity index (χ1v) is 8.67. The molecule has 1 aliphatic heterocycles. The third-order valence-electron chi connectivity index (χ3n) is 4.90. The largest absolute Gasteiger partial charge is 0.361 e. The summed E-state index contributed by atoms with van der Waals surface area (Å²) in [5.41, 5.74) is 1.94. The molecule has 1 saturated heterocycles. The molecule has 0 radical (unpaired) electrons. The molecule has 0 bridgehead atoms. The van der Waals surface area contributed by atoms with Crippen molar-refractivity contribution >= 4 is 5.91 Å². The molecule has 0 saturated carbocycles. The third-order valence-corrected chi connectivity index (χ3v) is 4.90. The van der Waals surface area contributed by atoms with E-state index >= 15 is 0 Å². The van der Waals surface area contributed by atoms with Gasteiger partial charge in [0.2, 0.25) is 5.91 Å². The van der Waals surface area contributed by atoms with E-state index in [1.165, 1.54) is 0 Å². The number of likely N-dealkylation sites (tertiary alicyclic amines) is 1. The number of aryl methyl sites for hydroxylation is 3. The highest BCUT2D eigenvalue weighted by molar-refractivity contribution is 5.76. The maximum atomic E-state index is 12.6. The number of piperidine rings is 1. The average Bonchev–Trinajstić information content (AvgIpc) is 3.20. The van der Waals surface area contributed by atoms with Crippen LogP contribution < -0.4 is 0 Å². The first-order chi connectivity index (χ1) is 11.6. The average molecular weight is 331 g/mol. The fourth-order valence-corrected chi connectivity index (χ4v) is 3.49. The molecule has 0 aromatic carbocycles. The van der Waals surface area contributed by atoms with Gasteiger partial charge in [0.25, 0.3) is 0 Å². The lowest BCUT2D eigenvalue weighted by Crippen LogP contribution is -2.39. The van der Waals surface area contributed by atoms with Crippen LogP contribution in [0.3, 0.4) is 0 Å². The summed E-state index contributed by atoms with van der Waals surface area (Å²) >= 11 is 0. The van der Waals surface area contributed by atoms with Crippen molar-refractivity contribution in [2.24, 2.45) is 0 Å². The zero-order valence-electron chi connectivity index (χ0n) is 14.7. The number of aromatic nitrogens is 4. The van der Waals surface area contributed by atoms with Gasteiger partial charge in [0.15, 0.2) is 0 Å². The van der Waals surface area contributed by atoms with Gasteiger partial charge in [0.1, 0.15) is 17.9 Å². The molecule has 7 heteroatoms. The van der Waals surface area contributed by atoms with Crippen molar-refractivity contribution in [3.8, 4) is 0 Å². The van der Waals surface area contributed by atoms with Crippen LogP contribution in [0.1, 0.15) is 54.9 Å². The Morgan fingerprint density at radius 1 is 1.42 bits per heavy atom. The first kappa shape index (κ1) is 16.7. The number of carbonyl (C=O) groups excluding carboxylic acids is 1. The van der Waals surface area contributed by atoms with Gasteiger partial charge in [-0.3, -0.25) is 4.79 Å². The monoisotopic (exact) mass is 331 g/mol. The van der Waals surface area contributed by atoms with E-state index < -0.39 is 0 Å². The number of hydrogen-bond acceptors (Lipinski definition) is 5. The van der Waals surface area contributed by atoms with E-state index in [0.29, 0.717) is 12.8 Å². The molecule has 1 aliphatic rings. The molecule has 0 unspecified atom stereocenters. The summed E-state index contributed by atoms with van der Waals surface area (Å²) in [5.74, 6) is 2.29. The van der Waals surface area contributed by atoms with Crippen LogP contribution in [0, 0.1) is 13.8 Å². The summed E-state index contributed by atoms with van der Waals surface area (Å²) < 4.78 is 7.24. The van der Waals surface area contributed by atoms with Crippen LogP contribution in [0.4, 0.5) is 0 Å². The Kier molecular flexibility index (Phi) is 4.97. The summed E-state index contributed by atoms with van der Waals surface area (Å²) in [5, 5.41) is 12.2. The van der Waals surface area contributed by atoms with Gasteiger partial charge in [0, 0.05) is 37.5 Å². The van der Waals surface area contributed by atoms with Crippen LogP contribution in [-0.2, 0) is 17.8 Å². The van der Waals surface area contributed by atoms with Crippen molar-refractivity contribution in [2.75, 3.05) is 13.1 Å². The van der Waals surface area contributed by atoms with E-state index in [1.54, 1.807) is 6.33 Å². The Balaban J connectivity index is 1.61. The molecule has 7 nitrogen and oxygen atoms in total. The normalized spacial score (nSPS) is 18.1. The number of nitrogens with zero attached hydrogens (tertiary/aromatic N) is 5. The molecule has 1 amide bonds. The highest BCUT2D eigenvalue weighted by atomic mass is 16.5. The lowest BCUT2D eigenvalue weighted by atomic mass is 9.96. The molecule has 0 aliphatic carbocycles. The van der Waals surface area contributed by atoms with Crippen molar-refractivity contribution in [3.05, 3.63) is 29.2 Å². The zero-order chi connectivity index (χ0) is 17.1. The van der Waals surface area contributed by atoms with E-state index in [0.717, 1.165) is 55.3 Å². The highest BCUT2D eigenvalue weighted by Crippen LogP contribution is 2.26. The zero-order valence-corrected chi connectivity index (χ0v) is 14.7. The van der Waals surface area contributed by atoms with Gasteiger partial charge in [0.05, 0.1) is 5.69 Å². The standard InChI is InChI=1S/C17H25N5O2/c1-4-21-11-18-19-17(21)14-6-5-9-22(10-14)16(23)8-7-15-12(2)20-24-13(15)3/h11,14H,4-10H2,1-3H3/t14-/m0/s1. The lowest BCUT2D eigenvalue weighted by molar-refractivity contribution is -0.132. The molecule has 0 spiro atoms. The number of hydrogen-bond donors (Lipinski definition) is 0. The molecule has 1 fully saturated rings. The molecule has 0 N–H and O–H groups in total. The summed E-state index contributed by atoms with van der Waals surface area (Å²) in [7, 11) is 0. The molecule has 3 rings (SSSR count). The molecular formula is C17H25N5O2. The Morgan fingerprint density at radius 2 is 2.25 bits per heavy atom. The minimum absolute atomic E-state index is 0.197. The van der Waals surface area contributed by atoms with E-state index in [1.807, 2.05) is 18.7 Å². The molecule has 2 aromatic rings. The van der Waals surface area contributed by atoms with Crippen LogP contribution in [0.25, 0.3) is 0 Å². The van der Waals surface area contributed by atoms with Crippen molar-refractivity contribution in [1.29, 1.82) is 0 Å². The third kappa shape index (κ3) is 3.34. The first-order valence-electron chi connectivity index (χ1n) is 8.67. The van der Waals surface area contributed by atoms with E-state index in [9.17, 15) is 4.79 Å². The van der Waals surface area contributed by atoms with Crippen LogP contribution in [0.15, 0.2) is 10.9 Å². The van der Waals surface area contributed by atoms with Crippen molar-refractivity contribution < 1.29 is 9.32 Å². The fourth-order valence-electron chi connectivity index (χ4n) is 3.49. The van der Waals surface area contributed by atoms with E-state index in [2.05, 4.69) is 26.8 Å². The second kappa shape index (κ2) is 7.15. The van der Waals surface area contributed by atoms with Crippen molar-refractivity contribution in [2.45, 2.75) is 58.9 Å². The highest BCUT2D eigenvalue weighted by Gasteiger charge is 2.27. The Bertz CT molecular complexity index is 686. The van der Waals surface area contributed by atoms with Crippen LogP contribution >= 0.6 is 0 Å². The summed E-state index contributed by atoms with van der Waals surface area (Å²) in [4.78, 5) is 14.6. The molecule has 2 aromatic heterocycles. The maximum absolute atomic E-state index is 12.6. The van der Waals surface area contributed by atoms with Gasteiger partial charge < -0.3 is 14.0 Å². The van der Waals surface area contributed by atoms with Crippen LogP contribution in [-0.4, -0.2) is 43.8 Å². The quantitative estimate of drug-likeness (QED) is 0.840. The maximum Gasteiger partial charge on any atom is 0.222 e. The predicted molar refractivity (Wildman–Crippen MR) is 88.5 cm³/mol. The fraction of sp³-hybridized carbons (Fsp3) is 0.647. The van der Waals surface area contributed by atoms with Crippen molar-refractivity contribution in [1.82, 2.24) is 24.8 Å². The molecular weight excluding hydrogens is 306 g/mol. The minimum Gasteiger partial charge on any atom is -0.361 e. The molecule has 130 valence electrons. The number of carbonyl (C=O) groups is 1. The Labute approximate surface area is 142 Å². The van der Waals surface area contributed by atoms with Gasteiger partial charge in [-0.2, -0.15) is 0 Å². The van der Waals surface area contributed by atoms with E-state index in [4.69, 9.17) is 4.52 Å².